The average Bonchev–Trinajstić information content (AvgIpc) is 3.29. The Kier molecular flexibility index (Phi) is 5.01. The number of ketones is 1. The van der Waals surface area contributed by atoms with Crippen molar-refractivity contribution >= 4 is 11.8 Å². The molecule has 0 radical (unpaired) electrons. The molecular weight excluding hydrogens is 366 g/mol. The summed E-state index contributed by atoms with van der Waals surface area (Å²) in [7, 11) is 0. The van der Waals surface area contributed by atoms with E-state index in [1.807, 2.05) is 19.9 Å². The fourth-order valence-corrected chi connectivity index (χ4v) is 3.92. The number of aryl methyl sites for hydroxylation is 4. The molecule has 0 saturated heterocycles. The van der Waals surface area contributed by atoms with Gasteiger partial charge in [0.05, 0.1) is 11.9 Å². The molecule has 1 aliphatic rings. The Morgan fingerprint density at radius 1 is 1.03 bits per heavy atom. The molecule has 0 unspecified atom stereocenters. The van der Waals surface area contributed by atoms with Crippen LogP contribution in [0, 0.1) is 20.8 Å². The fraction of sp³-hybridized carbons (Fsp3) is 0.304. The van der Waals surface area contributed by atoms with E-state index in [4.69, 9.17) is 4.74 Å². The molecular formula is C23H23N3O3. The SMILES string of the molecule is Cc1cnc(C(=O)OCC(=O)c2cc(C)n(-c3ccc4c(c3)CCC4)c2C)cn1. The second kappa shape index (κ2) is 7.62. The Morgan fingerprint density at radius 2 is 1.83 bits per heavy atom. The average molecular weight is 389 g/mol. The van der Waals surface area contributed by atoms with Gasteiger partial charge in [-0.05, 0) is 69.4 Å². The number of aromatic nitrogens is 3. The molecule has 0 fully saturated rings. The Labute approximate surface area is 169 Å². The van der Waals surface area contributed by atoms with Gasteiger partial charge < -0.3 is 9.30 Å². The van der Waals surface area contributed by atoms with Crippen molar-refractivity contribution in [2.45, 2.75) is 40.0 Å². The minimum atomic E-state index is -0.654. The third kappa shape index (κ3) is 3.70. The van der Waals surface area contributed by atoms with Gasteiger partial charge in [-0.2, -0.15) is 0 Å². The van der Waals surface area contributed by atoms with Gasteiger partial charge in [0.15, 0.2) is 12.3 Å². The molecule has 6 nitrogen and oxygen atoms in total. The minimum absolute atomic E-state index is 0.0898. The van der Waals surface area contributed by atoms with Gasteiger partial charge >= 0.3 is 5.97 Å². The molecule has 2 aromatic heterocycles. The van der Waals surface area contributed by atoms with Gasteiger partial charge in [-0.3, -0.25) is 9.78 Å². The smallest absolute Gasteiger partial charge is 0.358 e. The Hall–Kier alpha value is -3.28. The summed E-state index contributed by atoms with van der Waals surface area (Å²) in [5.41, 5.74) is 7.03. The van der Waals surface area contributed by atoms with Crippen molar-refractivity contribution in [2.24, 2.45) is 0 Å². The maximum absolute atomic E-state index is 12.7. The van der Waals surface area contributed by atoms with E-state index in [9.17, 15) is 9.59 Å². The second-order valence-electron chi connectivity index (χ2n) is 7.47. The highest BCUT2D eigenvalue weighted by Crippen LogP contribution is 2.27. The quantitative estimate of drug-likeness (QED) is 0.491. The van der Waals surface area contributed by atoms with E-state index in [1.54, 1.807) is 6.92 Å². The number of fused-ring (bicyclic) bond motifs is 1. The molecule has 0 atom stereocenters. The second-order valence-corrected chi connectivity index (χ2v) is 7.47. The first-order valence-corrected chi connectivity index (χ1v) is 9.74. The number of hydrogen-bond acceptors (Lipinski definition) is 5. The molecule has 0 spiro atoms. The highest BCUT2D eigenvalue weighted by atomic mass is 16.5. The number of carbonyl (C=O) groups excluding carboxylic acids is 2. The third-order valence-electron chi connectivity index (χ3n) is 5.40. The topological polar surface area (TPSA) is 74.1 Å². The summed E-state index contributed by atoms with van der Waals surface area (Å²) in [5.74, 6) is -0.891. The van der Waals surface area contributed by atoms with Crippen LogP contribution in [0.25, 0.3) is 5.69 Å². The van der Waals surface area contributed by atoms with Crippen LogP contribution in [0.1, 0.15) is 55.5 Å². The van der Waals surface area contributed by atoms with Crippen molar-refractivity contribution in [2.75, 3.05) is 6.61 Å². The molecule has 6 heteroatoms. The molecule has 0 amide bonds. The third-order valence-corrected chi connectivity index (χ3v) is 5.40. The van der Waals surface area contributed by atoms with Crippen LogP contribution in [-0.2, 0) is 17.6 Å². The van der Waals surface area contributed by atoms with E-state index < -0.39 is 5.97 Å². The standard InChI is InChI=1S/C23H23N3O3/c1-14-11-25-21(12-24-14)23(28)29-13-22(27)20-9-15(2)26(16(20)3)19-8-7-17-5-4-6-18(17)10-19/h7-12H,4-6,13H2,1-3H3. The van der Waals surface area contributed by atoms with Crippen LogP contribution in [0.5, 0.6) is 0 Å². The lowest BCUT2D eigenvalue weighted by molar-refractivity contribution is 0.0468. The van der Waals surface area contributed by atoms with Crippen LogP contribution >= 0.6 is 0 Å². The zero-order valence-electron chi connectivity index (χ0n) is 16.9. The summed E-state index contributed by atoms with van der Waals surface area (Å²) in [6.45, 7) is 5.34. The zero-order chi connectivity index (χ0) is 20.5. The molecule has 0 bridgehead atoms. The predicted octanol–water partition coefficient (Wildman–Crippen LogP) is 3.72. The van der Waals surface area contributed by atoms with Crippen molar-refractivity contribution in [1.29, 1.82) is 0 Å². The van der Waals surface area contributed by atoms with Gasteiger partial charge in [0.1, 0.15) is 0 Å². The highest BCUT2D eigenvalue weighted by molar-refractivity contribution is 6.00. The van der Waals surface area contributed by atoms with Crippen molar-refractivity contribution in [3.05, 3.63) is 76.1 Å². The number of Topliss-reactive ketones (excluding diaryl/α,β-unsaturated/α-hetero) is 1. The number of esters is 1. The number of carbonyl (C=O) groups is 2. The van der Waals surface area contributed by atoms with E-state index in [0.717, 1.165) is 29.9 Å². The molecule has 1 aromatic carbocycles. The predicted molar refractivity (Wildman–Crippen MR) is 109 cm³/mol. The molecule has 29 heavy (non-hydrogen) atoms. The van der Waals surface area contributed by atoms with Gasteiger partial charge in [-0.1, -0.05) is 6.07 Å². The molecule has 148 valence electrons. The largest absolute Gasteiger partial charge is 0.453 e. The van der Waals surface area contributed by atoms with Gasteiger partial charge in [0.2, 0.25) is 5.78 Å². The molecule has 2 heterocycles. The first-order chi connectivity index (χ1) is 13.9. The van der Waals surface area contributed by atoms with Crippen LogP contribution in [0.15, 0.2) is 36.7 Å². The molecule has 3 aromatic rings. The lowest BCUT2D eigenvalue weighted by atomic mass is 10.1. The van der Waals surface area contributed by atoms with Crippen molar-refractivity contribution in [1.82, 2.24) is 14.5 Å². The Morgan fingerprint density at radius 3 is 2.59 bits per heavy atom. The number of rotatable bonds is 5. The molecule has 0 N–H and O–H groups in total. The van der Waals surface area contributed by atoms with E-state index in [-0.39, 0.29) is 18.1 Å². The summed E-state index contributed by atoms with van der Waals surface area (Å²) in [4.78, 5) is 32.8. The van der Waals surface area contributed by atoms with E-state index in [1.165, 1.54) is 29.9 Å². The minimum Gasteiger partial charge on any atom is -0.453 e. The number of nitrogens with zero attached hydrogens (tertiary/aromatic N) is 3. The summed E-state index contributed by atoms with van der Waals surface area (Å²) >= 11 is 0. The van der Waals surface area contributed by atoms with Crippen LogP contribution in [0.4, 0.5) is 0 Å². The Balaban J connectivity index is 1.52. The summed E-state index contributed by atoms with van der Waals surface area (Å²) in [5, 5.41) is 0. The highest BCUT2D eigenvalue weighted by Gasteiger charge is 2.20. The molecule has 4 rings (SSSR count). The van der Waals surface area contributed by atoms with Gasteiger partial charge in [0, 0.05) is 28.8 Å². The van der Waals surface area contributed by atoms with E-state index in [2.05, 4.69) is 32.7 Å². The maximum atomic E-state index is 12.7. The van der Waals surface area contributed by atoms with Crippen molar-refractivity contribution < 1.29 is 14.3 Å². The van der Waals surface area contributed by atoms with E-state index >= 15 is 0 Å². The molecule has 0 aliphatic heterocycles. The van der Waals surface area contributed by atoms with Crippen LogP contribution < -0.4 is 0 Å². The summed E-state index contributed by atoms with van der Waals surface area (Å²) in [6.07, 6.45) is 6.28. The van der Waals surface area contributed by atoms with Crippen LogP contribution in [0.3, 0.4) is 0 Å². The summed E-state index contributed by atoms with van der Waals surface area (Å²) in [6, 6.07) is 8.36. The number of benzene rings is 1. The zero-order valence-corrected chi connectivity index (χ0v) is 16.9. The molecule has 0 saturated carbocycles. The Bertz CT molecular complexity index is 1100. The first-order valence-electron chi connectivity index (χ1n) is 9.74. The fourth-order valence-electron chi connectivity index (χ4n) is 3.92. The monoisotopic (exact) mass is 389 g/mol. The van der Waals surface area contributed by atoms with Gasteiger partial charge in [-0.15, -0.1) is 0 Å². The molecule has 1 aliphatic carbocycles. The van der Waals surface area contributed by atoms with Crippen molar-refractivity contribution in [3.63, 3.8) is 0 Å². The van der Waals surface area contributed by atoms with E-state index in [0.29, 0.717) is 11.3 Å². The maximum Gasteiger partial charge on any atom is 0.358 e. The normalized spacial score (nSPS) is 12.7. The number of ether oxygens (including phenoxy) is 1. The van der Waals surface area contributed by atoms with Gasteiger partial charge in [-0.25, -0.2) is 9.78 Å². The number of hydrogen-bond donors (Lipinski definition) is 0. The first kappa shape index (κ1) is 19.1. The van der Waals surface area contributed by atoms with Crippen LogP contribution in [0.2, 0.25) is 0 Å². The lowest BCUT2D eigenvalue weighted by Gasteiger charge is -2.12. The summed E-state index contributed by atoms with van der Waals surface area (Å²) < 4.78 is 7.24. The van der Waals surface area contributed by atoms with Crippen LogP contribution in [-0.4, -0.2) is 32.9 Å². The van der Waals surface area contributed by atoms with Gasteiger partial charge in [0.25, 0.3) is 0 Å². The van der Waals surface area contributed by atoms with Crippen molar-refractivity contribution in [3.8, 4) is 5.69 Å². The lowest BCUT2D eigenvalue weighted by Crippen LogP contribution is -2.16.